The molecule has 1 fully saturated rings. The maximum Gasteiger partial charge on any atom is 0.285 e. The highest BCUT2D eigenvalue weighted by atomic mass is 32.2. The molecule has 0 bridgehead atoms. The van der Waals surface area contributed by atoms with E-state index < -0.39 is 10.0 Å². The SMILES string of the molecule is CCCNC(=O)C1CCN(C2=NS(=O)(=O)C(c3ccc(OC)cc3)=C2C)CC1. The van der Waals surface area contributed by atoms with Gasteiger partial charge in [-0.25, -0.2) is 0 Å². The molecule has 1 aromatic rings. The smallest absolute Gasteiger partial charge is 0.285 e. The van der Waals surface area contributed by atoms with Gasteiger partial charge in [-0.1, -0.05) is 6.92 Å². The molecule has 3 rings (SSSR count). The number of benzene rings is 1. The zero-order chi connectivity index (χ0) is 20.3. The summed E-state index contributed by atoms with van der Waals surface area (Å²) in [5.74, 6) is 1.24. The lowest BCUT2D eigenvalue weighted by Gasteiger charge is -2.32. The van der Waals surface area contributed by atoms with Crippen molar-refractivity contribution in [3.05, 3.63) is 35.4 Å². The monoisotopic (exact) mass is 405 g/mol. The first-order valence-electron chi connectivity index (χ1n) is 9.60. The highest BCUT2D eigenvalue weighted by molar-refractivity contribution is 8.00. The molecular formula is C20H27N3O4S. The van der Waals surface area contributed by atoms with Gasteiger partial charge in [0.05, 0.1) is 7.11 Å². The predicted molar refractivity (Wildman–Crippen MR) is 110 cm³/mol. The molecule has 0 spiro atoms. The Balaban J connectivity index is 1.76. The van der Waals surface area contributed by atoms with Crippen LogP contribution in [0.2, 0.25) is 0 Å². The average molecular weight is 406 g/mol. The molecule has 0 atom stereocenters. The van der Waals surface area contributed by atoms with Crippen LogP contribution in [0.25, 0.3) is 4.91 Å². The van der Waals surface area contributed by atoms with E-state index in [4.69, 9.17) is 4.74 Å². The van der Waals surface area contributed by atoms with Gasteiger partial charge in [-0.2, -0.15) is 8.42 Å². The van der Waals surface area contributed by atoms with Gasteiger partial charge in [0.1, 0.15) is 16.5 Å². The number of likely N-dealkylation sites (tertiary alicyclic amines) is 1. The molecule has 1 amide bonds. The lowest BCUT2D eigenvalue weighted by Crippen LogP contribution is -2.43. The summed E-state index contributed by atoms with van der Waals surface area (Å²) in [6, 6.07) is 6.95. The first-order chi connectivity index (χ1) is 13.4. The van der Waals surface area contributed by atoms with Crippen molar-refractivity contribution < 1.29 is 17.9 Å². The number of piperidine rings is 1. The van der Waals surface area contributed by atoms with Crippen LogP contribution < -0.4 is 10.1 Å². The number of amidine groups is 1. The van der Waals surface area contributed by atoms with E-state index in [9.17, 15) is 13.2 Å². The van der Waals surface area contributed by atoms with Gasteiger partial charge < -0.3 is 15.0 Å². The minimum atomic E-state index is -3.74. The van der Waals surface area contributed by atoms with Crippen LogP contribution in [0.4, 0.5) is 0 Å². The number of hydrogen-bond acceptors (Lipinski definition) is 5. The second-order valence-electron chi connectivity index (χ2n) is 7.12. The van der Waals surface area contributed by atoms with E-state index >= 15 is 0 Å². The van der Waals surface area contributed by atoms with Crippen molar-refractivity contribution in [2.75, 3.05) is 26.7 Å². The second kappa shape index (κ2) is 8.34. The van der Waals surface area contributed by atoms with Crippen molar-refractivity contribution in [1.82, 2.24) is 10.2 Å². The summed E-state index contributed by atoms with van der Waals surface area (Å²) in [6.45, 7) is 5.74. The normalized spacial score (nSPS) is 19.5. The van der Waals surface area contributed by atoms with Gasteiger partial charge in [-0.3, -0.25) is 4.79 Å². The van der Waals surface area contributed by atoms with Gasteiger partial charge in [0.2, 0.25) is 5.91 Å². The minimum Gasteiger partial charge on any atom is -0.497 e. The summed E-state index contributed by atoms with van der Waals surface area (Å²) >= 11 is 0. The summed E-state index contributed by atoms with van der Waals surface area (Å²) in [5, 5.41) is 2.94. The molecule has 1 saturated heterocycles. The number of carbonyl (C=O) groups is 1. The van der Waals surface area contributed by atoms with Crippen LogP contribution in [0.3, 0.4) is 0 Å². The van der Waals surface area contributed by atoms with Gasteiger partial charge >= 0.3 is 0 Å². The van der Waals surface area contributed by atoms with E-state index in [1.807, 2.05) is 11.8 Å². The van der Waals surface area contributed by atoms with E-state index in [2.05, 4.69) is 9.71 Å². The molecule has 7 nitrogen and oxygen atoms in total. The fourth-order valence-electron chi connectivity index (χ4n) is 3.67. The van der Waals surface area contributed by atoms with E-state index in [0.717, 1.165) is 6.42 Å². The van der Waals surface area contributed by atoms with Gasteiger partial charge in [-0.05, 0) is 56.0 Å². The quantitative estimate of drug-likeness (QED) is 0.813. The Labute approximate surface area is 166 Å². The van der Waals surface area contributed by atoms with E-state index in [1.54, 1.807) is 38.3 Å². The number of methoxy groups -OCH3 is 1. The number of hydrogen-bond donors (Lipinski definition) is 1. The van der Waals surface area contributed by atoms with Crippen LogP contribution in [-0.4, -0.2) is 51.8 Å². The highest BCUT2D eigenvalue weighted by Gasteiger charge is 2.35. The number of rotatable bonds is 5. The van der Waals surface area contributed by atoms with Crippen molar-refractivity contribution >= 4 is 26.7 Å². The third-order valence-corrected chi connectivity index (χ3v) is 6.68. The lowest BCUT2D eigenvalue weighted by molar-refractivity contribution is -0.126. The van der Waals surface area contributed by atoms with Crippen molar-refractivity contribution in [3.63, 3.8) is 0 Å². The Hall–Kier alpha value is -2.35. The third kappa shape index (κ3) is 4.06. The molecule has 8 heteroatoms. The van der Waals surface area contributed by atoms with Crippen molar-refractivity contribution in [2.24, 2.45) is 10.3 Å². The molecular weight excluding hydrogens is 378 g/mol. The first-order valence-corrected chi connectivity index (χ1v) is 11.0. The van der Waals surface area contributed by atoms with Crippen LogP contribution in [-0.2, 0) is 14.8 Å². The highest BCUT2D eigenvalue weighted by Crippen LogP contribution is 2.35. The third-order valence-electron chi connectivity index (χ3n) is 5.21. The standard InChI is InChI=1S/C20H27N3O4S/c1-4-11-21-20(24)16-9-12-23(13-10-16)19-14(2)18(28(25,26)22-19)15-5-7-17(27-3)8-6-15/h5-8,16H,4,9-13H2,1-3H3,(H,21,24). The molecule has 28 heavy (non-hydrogen) atoms. The second-order valence-corrected chi connectivity index (χ2v) is 8.67. The molecule has 152 valence electrons. The molecule has 2 heterocycles. The Bertz CT molecular complexity index is 896. The van der Waals surface area contributed by atoms with Crippen molar-refractivity contribution in [3.8, 4) is 5.75 Å². The number of nitrogens with one attached hydrogen (secondary N) is 1. The first kappa shape index (κ1) is 20.4. The zero-order valence-electron chi connectivity index (χ0n) is 16.6. The fourth-order valence-corrected chi connectivity index (χ4v) is 5.16. The van der Waals surface area contributed by atoms with Crippen LogP contribution in [0.15, 0.2) is 34.2 Å². The Morgan fingerprint density at radius 1 is 1.25 bits per heavy atom. The maximum atomic E-state index is 12.7. The minimum absolute atomic E-state index is 0.0215. The summed E-state index contributed by atoms with van der Waals surface area (Å²) in [5.41, 5.74) is 1.25. The Morgan fingerprint density at radius 2 is 1.89 bits per heavy atom. The summed E-state index contributed by atoms with van der Waals surface area (Å²) in [4.78, 5) is 14.4. The van der Waals surface area contributed by atoms with E-state index in [-0.39, 0.29) is 16.7 Å². The number of nitrogens with zero attached hydrogens (tertiary/aromatic N) is 2. The van der Waals surface area contributed by atoms with E-state index in [1.165, 1.54) is 0 Å². The van der Waals surface area contributed by atoms with Crippen LogP contribution in [0.5, 0.6) is 5.75 Å². The topological polar surface area (TPSA) is 88.1 Å². The molecule has 1 N–H and O–H groups in total. The molecule has 1 aromatic carbocycles. The number of sulfonamides is 1. The van der Waals surface area contributed by atoms with Crippen LogP contribution in [0, 0.1) is 5.92 Å². The van der Waals surface area contributed by atoms with Crippen molar-refractivity contribution in [2.45, 2.75) is 33.1 Å². The van der Waals surface area contributed by atoms with Gasteiger partial charge in [-0.15, -0.1) is 4.40 Å². The molecule has 0 saturated carbocycles. The van der Waals surface area contributed by atoms with Gasteiger partial charge in [0, 0.05) is 31.1 Å². The summed E-state index contributed by atoms with van der Waals surface area (Å²) in [7, 11) is -2.17. The molecule has 0 aliphatic carbocycles. The molecule has 0 aromatic heterocycles. The zero-order valence-corrected chi connectivity index (χ0v) is 17.4. The Kier molecular flexibility index (Phi) is 6.07. The maximum absolute atomic E-state index is 12.7. The van der Waals surface area contributed by atoms with Crippen LogP contribution >= 0.6 is 0 Å². The average Bonchev–Trinajstić information content (AvgIpc) is 2.95. The predicted octanol–water partition coefficient (Wildman–Crippen LogP) is 2.41. The molecule has 2 aliphatic rings. The number of ether oxygens (including phenoxy) is 1. The van der Waals surface area contributed by atoms with Gasteiger partial charge in [0.25, 0.3) is 10.0 Å². The van der Waals surface area contributed by atoms with E-state index in [0.29, 0.717) is 55.2 Å². The lowest BCUT2D eigenvalue weighted by atomic mass is 9.95. The molecule has 0 unspecified atom stereocenters. The number of carbonyl (C=O) groups excluding carboxylic acids is 1. The van der Waals surface area contributed by atoms with Crippen LogP contribution in [0.1, 0.15) is 38.7 Å². The number of amides is 1. The molecule has 0 radical (unpaired) electrons. The fraction of sp³-hybridized carbons (Fsp3) is 0.500. The van der Waals surface area contributed by atoms with Crippen molar-refractivity contribution in [1.29, 1.82) is 0 Å². The summed E-state index contributed by atoms with van der Waals surface area (Å²) in [6.07, 6.45) is 2.30. The Morgan fingerprint density at radius 3 is 2.46 bits per heavy atom. The largest absolute Gasteiger partial charge is 0.497 e. The van der Waals surface area contributed by atoms with Gasteiger partial charge in [0.15, 0.2) is 0 Å². The molecule has 2 aliphatic heterocycles. The summed E-state index contributed by atoms with van der Waals surface area (Å²) < 4.78 is 34.6.